The number of benzene rings is 1. The second-order valence-corrected chi connectivity index (χ2v) is 6.75. The van der Waals surface area contributed by atoms with Crippen LogP contribution in [0.3, 0.4) is 0 Å². The molecular weight excluding hydrogens is 338 g/mol. The van der Waals surface area contributed by atoms with Crippen molar-refractivity contribution in [3.8, 4) is 5.75 Å². The van der Waals surface area contributed by atoms with E-state index in [0.717, 1.165) is 16.9 Å². The van der Waals surface area contributed by atoms with Gasteiger partial charge in [-0.05, 0) is 31.4 Å². The van der Waals surface area contributed by atoms with Crippen molar-refractivity contribution in [1.29, 1.82) is 0 Å². The number of methoxy groups -OCH3 is 1. The average molecular weight is 357 g/mol. The van der Waals surface area contributed by atoms with E-state index in [1.807, 2.05) is 37.4 Å². The number of nitrogens with one attached hydrogen (secondary N) is 1. The maximum Gasteiger partial charge on any atom is 0.262 e. The minimum Gasteiger partial charge on any atom is -0.496 e. The van der Waals surface area contributed by atoms with Gasteiger partial charge in [-0.3, -0.25) is 14.2 Å². The van der Waals surface area contributed by atoms with Crippen molar-refractivity contribution in [3.63, 3.8) is 0 Å². The van der Waals surface area contributed by atoms with Gasteiger partial charge in [-0.15, -0.1) is 11.3 Å². The maximum absolute atomic E-state index is 12.4. The van der Waals surface area contributed by atoms with Crippen molar-refractivity contribution in [3.05, 3.63) is 57.5 Å². The number of fused-ring (bicyclic) bond motifs is 1. The van der Waals surface area contributed by atoms with Crippen LogP contribution in [-0.2, 0) is 11.3 Å². The zero-order chi connectivity index (χ0) is 18.0. The van der Waals surface area contributed by atoms with Gasteiger partial charge < -0.3 is 10.1 Å². The molecule has 1 unspecified atom stereocenters. The van der Waals surface area contributed by atoms with E-state index < -0.39 is 0 Å². The van der Waals surface area contributed by atoms with E-state index in [9.17, 15) is 9.59 Å². The van der Waals surface area contributed by atoms with Gasteiger partial charge in [0, 0.05) is 5.56 Å². The lowest BCUT2D eigenvalue weighted by molar-refractivity contribution is -0.122. The minimum absolute atomic E-state index is 0.0733. The highest BCUT2D eigenvalue weighted by Gasteiger charge is 2.15. The normalized spacial score (nSPS) is 12.1. The second kappa shape index (κ2) is 7.06. The van der Waals surface area contributed by atoms with Gasteiger partial charge in [0.2, 0.25) is 5.91 Å². The number of nitrogens with zero attached hydrogens (tertiary/aromatic N) is 2. The average Bonchev–Trinajstić information content (AvgIpc) is 3.06. The molecule has 3 aromatic rings. The first kappa shape index (κ1) is 17.2. The van der Waals surface area contributed by atoms with E-state index in [1.54, 1.807) is 13.2 Å². The molecule has 0 radical (unpaired) electrons. The number of amides is 1. The SMILES string of the molecule is COc1ccc(C)cc1C(C)NC(=O)Cn1cnc2sccc2c1=O. The highest BCUT2D eigenvalue weighted by Crippen LogP contribution is 2.26. The van der Waals surface area contributed by atoms with Crippen molar-refractivity contribution >= 4 is 27.5 Å². The van der Waals surface area contributed by atoms with E-state index >= 15 is 0 Å². The number of aryl methyl sites for hydroxylation is 1. The summed E-state index contributed by atoms with van der Waals surface area (Å²) in [6.45, 7) is 3.80. The predicted molar refractivity (Wildman–Crippen MR) is 98.2 cm³/mol. The van der Waals surface area contributed by atoms with Crippen LogP contribution in [0.15, 0.2) is 40.8 Å². The van der Waals surface area contributed by atoms with Crippen LogP contribution in [0.5, 0.6) is 5.75 Å². The fraction of sp³-hybridized carbons (Fsp3) is 0.278. The molecule has 1 N–H and O–H groups in total. The van der Waals surface area contributed by atoms with Crippen LogP contribution < -0.4 is 15.6 Å². The number of hydrogen-bond donors (Lipinski definition) is 1. The van der Waals surface area contributed by atoms with Crippen LogP contribution in [0.25, 0.3) is 10.2 Å². The van der Waals surface area contributed by atoms with E-state index in [-0.39, 0.29) is 24.1 Å². The highest BCUT2D eigenvalue weighted by molar-refractivity contribution is 7.16. The Hall–Kier alpha value is -2.67. The first-order valence-electron chi connectivity index (χ1n) is 7.86. The molecule has 7 heteroatoms. The van der Waals surface area contributed by atoms with Crippen molar-refractivity contribution < 1.29 is 9.53 Å². The number of ether oxygens (including phenoxy) is 1. The Morgan fingerprint density at radius 2 is 2.20 bits per heavy atom. The van der Waals surface area contributed by atoms with Gasteiger partial charge in [0.15, 0.2) is 0 Å². The fourth-order valence-corrected chi connectivity index (χ4v) is 3.44. The smallest absolute Gasteiger partial charge is 0.262 e. The van der Waals surface area contributed by atoms with E-state index in [2.05, 4.69) is 10.3 Å². The Bertz CT molecular complexity index is 977. The molecule has 0 aliphatic rings. The molecule has 0 saturated heterocycles. The number of carbonyl (C=O) groups excluding carboxylic acids is 1. The molecule has 0 aliphatic carbocycles. The number of carbonyl (C=O) groups is 1. The van der Waals surface area contributed by atoms with Crippen LogP contribution in [-0.4, -0.2) is 22.6 Å². The van der Waals surface area contributed by atoms with Crippen molar-refractivity contribution in [2.75, 3.05) is 7.11 Å². The topological polar surface area (TPSA) is 73.2 Å². The Morgan fingerprint density at radius 1 is 1.40 bits per heavy atom. The number of hydrogen-bond acceptors (Lipinski definition) is 5. The molecule has 0 saturated carbocycles. The third-order valence-electron chi connectivity index (χ3n) is 3.99. The van der Waals surface area contributed by atoms with Crippen molar-refractivity contribution in [1.82, 2.24) is 14.9 Å². The third kappa shape index (κ3) is 3.56. The Kier molecular flexibility index (Phi) is 4.85. The summed E-state index contributed by atoms with van der Waals surface area (Å²) in [6.07, 6.45) is 1.42. The van der Waals surface area contributed by atoms with E-state index in [1.165, 1.54) is 22.2 Å². The lowest BCUT2D eigenvalue weighted by atomic mass is 10.0. The fourth-order valence-electron chi connectivity index (χ4n) is 2.72. The molecule has 1 amide bonds. The first-order chi connectivity index (χ1) is 12.0. The summed E-state index contributed by atoms with van der Waals surface area (Å²) in [4.78, 5) is 29.6. The maximum atomic E-state index is 12.4. The molecule has 0 aliphatic heterocycles. The molecule has 25 heavy (non-hydrogen) atoms. The molecule has 3 rings (SSSR count). The van der Waals surface area contributed by atoms with Crippen molar-refractivity contribution in [2.24, 2.45) is 0 Å². The first-order valence-corrected chi connectivity index (χ1v) is 8.74. The summed E-state index contributed by atoms with van der Waals surface area (Å²) >= 11 is 1.40. The van der Waals surface area contributed by atoms with Gasteiger partial charge >= 0.3 is 0 Å². The Morgan fingerprint density at radius 3 is 2.96 bits per heavy atom. The Balaban J connectivity index is 1.76. The van der Waals surface area contributed by atoms with Gasteiger partial charge in [-0.1, -0.05) is 17.7 Å². The lowest BCUT2D eigenvalue weighted by Crippen LogP contribution is -2.34. The van der Waals surface area contributed by atoms with Crippen LogP contribution in [0.4, 0.5) is 0 Å². The van der Waals surface area contributed by atoms with Gasteiger partial charge in [-0.25, -0.2) is 4.98 Å². The second-order valence-electron chi connectivity index (χ2n) is 5.85. The molecule has 1 atom stereocenters. The Labute approximate surface area is 149 Å². The summed E-state index contributed by atoms with van der Waals surface area (Å²) in [5.74, 6) is 0.464. The number of aromatic nitrogens is 2. The number of rotatable bonds is 5. The summed E-state index contributed by atoms with van der Waals surface area (Å²) in [7, 11) is 1.60. The van der Waals surface area contributed by atoms with Crippen molar-refractivity contribution in [2.45, 2.75) is 26.4 Å². The summed E-state index contributed by atoms with van der Waals surface area (Å²) < 4.78 is 6.69. The zero-order valence-corrected chi connectivity index (χ0v) is 15.1. The van der Waals surface area contributed by atoms with Gasteiger partial charge in [0.05, 0.1) is 24.9 Å². The standard InChI is InChI=1S/C18H19N3O3S/c1-11-4-5-15(24-3)14(8-11)12(2)20-16(22)9-21-10-19-17-13(18(21)23)6-7-25-17/h4-8,10,12H,9H2,1-3H3,(H,20,22). The molecule has 0 spiro atoms. The molecule has 2 heterocycles. The van der Waals surface area contributed by atoms with Gasteiger partial charge in [0.1, 0.15) is 17.1 Å². The zero-order valence-electron chi connectivity index (χ0n) is 14.3. The van der Waals surface area contributed by atoms with Gasteiger partial charge in [0.25, 0.3) is 5.56 Å². The van der Waals surface area contributed by atoms with E-state index in [0.29, 0.717) is 10.2 Å². The molecular formula is C18H19N3O3S. The number of thiophene rings is 1. The summed E-state index contributed by atoms with van der Waals surface area (Å²) in [5.41, 5.74) is 1.78. The molecule has 130 valence electrons. The molecule has 0 bridgehead atoms. The predicted octanol–water partition coefficient (Wildman–Crippen LogP) is 2.65. The lowest BCUT2D eigenvalue weighted by Gasteiger charge is -2.18. The largest absolute Gasteiger partial charge is 0.496 e. The summed E-state index contributed by atoms with van der Waals surface area (Å²) in [5, 5.41) is 5.26. The highest BCUT2D eigenvalue weighted by atomic mass is 32.1. The molecule has 6 nitrogen and oxygen atoms in total. The third-order valence-corrected chi connectivity index (χ3v) is 4.81. The minimum atomic E-state index is -0.255. The van der Waals surface area contributed by atoms with Crippen LogP contribution in [0, 0.1) is 6.92 Å². The molecule has 1 aromatic carbocycles. The van der Waals surface area contributed by atoms with E-state index in [4.69, 9.17) is 4.74 Å². The summed E-state index contributed by atoms with van der Waals surface area (Å²) in [6, 6.07) is 7.31. The monoisotopic (exact) mass is 357 g/mol. The van der Waals surface area contributed by atoms with Crippen LogP contribution >= 0.6 is 11.3 Å². The van der Waals surface area contributed by atoms with Crippen LogP contribution in [0.1, 0.15) is 24.1 Å². The molecule has 0 fully saturated rings. The quantitative estimate of drug-likeness (QED) is 0.762. The molecule has 2 aromatic heterocycles. The van der Waals surface area contributed by atoms with Crippen LogP contribution in [0.2, 0.25) is 0 Å². The van der Waals surface area contributed by atoms with Gasteiger partial charge in [-0.2, -0.15) is 0 Å².